The first kappa shape index (κ1) is 14.0. The summed E-state index contributed by atoms with van der Waals surface area (Å²) in [7, 11) is 0. The standard InChI is InChI=1S/C17H21ClO2/c1-17(2)8-6-11(7-9-17)15(19)14-10-12-4-3-5-13(18)16(12)20-14/h3-5,10-11,15,19H,6-9H2,1-2H3. The van der Waals surface area contributed by atoms with E-state index in [0.717, 1.165) is 31.1 Å². The third-order valence-corrected chi connectivity index (χ3v) is 4.93. The summed E-state index contributed by atoms with van der Waals surface area (Å²) in [6.07, 6.45) is 3.91. The SMILES string of the molecule is CC1(C)CCC(C(O)c2cc3cccc(Cl)c3o2)CC1. The van der Waals surface area contributed by atoms with Gasteiger partial charge in [-0.2, -0.15) is 0 Å². The fraction of sp³-hybridized carbons (Fsp3) is 0.529. The number of fused-ring (bicyclic) bond motifs is 1. The molecule has 3 heteroatoms. The zero-order valence-corrected chi connectivity index (χ0v) is 12.8. The molecule has 1 heterocycles. The van der Waals surface area contributed by atoms with Gasteiger partial charge in [-0.1, -0.05) is 37.6 Å². The van der Waals surface area contributed by atoms with Crippen LogP contribution >= 0.6 is 11.6 Å². The Bertz CT molecular complexity index is 604. The summed E-state index contributed by atoms with van der Waals surface area (Å²) >= 11 is 6.12. The highest BCUT2D eigenvalue weighted by molar-refractivity contribution is 6.34. The van der Waals surface area contributed by atoms with E-state index in [1.54, 1.807) is 0 Å². The number of para-hydroxylation sites is 1. The van der Waals surface area contributed by atoms with Gasteiger partial charge in [0.1, 0.15) is 11.9 Å². The van der Waals surface area contributed by atoms with Crippen LogP contribution < -0.4 is 0 Å². The molecule has 1 aliphatic carbocycles. The minimum absolute atomic E-state index is 0.294. The molecule has 2 nitrogen and oxygen atoms in total. The van der Waals surface area contributed by atoms with Crippen LogP contribution in [0.25, 0.3) is 11.0 Å². The van der Waals surface area contributed by atoms with Gasteiger partial charge < -0.3 is 9.52 Å². The van der Waals surface area contributed by atoms with Crippen molar-refractivity contribution in [3.05, 3.63) is 35.0 Å². The Labute approximate surface area is 124 Å². The molecule has 0 aliphatic heterocycles. The number of aliphatic hydroxyl groups is 1. The quantitative estimate of drug-likeness (QED) is 0.811. The number of benzene rings is 1. The van der Waals surface area contributed by atoms with Crippen molar-refractivity contribution >= 4 is 22.6 Å². The number of hydrogen-bond acceptors (Lipinski definition) is 2. The molecule has 0 saturated heterocycles. The molecule has 2 aromatic rings. The third kappa shape index (κ3) is 2.59. The second kappa shape index (κ2) is 5.09. The summed E-state index contributed by atoms with van der Waals surface area (Å²) in [6, 6.07) is 7.60. The summed E-state index contributed by atoms with van der Waals surface area (Å²) in [5.41, 5.74) is 1.09. The van der Waals surface area contributed by atoms with Gasteiger partial charge in [0.25, 0.3) is 0 Å². The first-order valence-electron chi connectivity index (χ1n) is 7.32. The minimum Gasteiger partial charge on any atom is -0.457 e. The maximum absolute atomic E-state index is 10.6. The molecule has 0 spiro atoms. The van der Waals surface area contributed by atoms with Crippen molar-refractivity contribution in [2.24, 2.45) is 11.3 Å². The Morgan fingerprint density at radius 1 is 1.30 bits per heavy atom. The summed E-state index contributed by atoms with van der Waals surface area (Å²) in [6.45, 7) is 4.60. The van der Waals surface area contributed by atoms with Crippen molar-refractivity contribution in [2.75, 3.05) is 0 Å². The average Bonchev–Trinajstić information content (AvgIpc) is 2.83. The van der Waals surface area contributed by atoms with Gasteiger partial charge in [-0.3, -0.25) is 0 Å². The fourth-order valence-electron chi connectivity index (χ4n) is 3.16. The molecule has 1 atom stereocenters. The summed E-state index contributed by atoms with van der Waals surface area (Å²) in [5, 5.41) is 12.1. The van der Waals surface area contributed by atoms with E-state index in [9.17, 15) is 5.11 Å². The van der Waals surface area contributed by atoms with Gasteiger partial charge >= 0.3 is 0 Å². The first-order chi connectivity index (χ1) is 9.46. The molecule has 1 saturated carbocycles. The van der Waals surface area contributed by atoms with Crippen molar-refractivity contribution in [3.8, 4) is 0 Å². The molecular weight excluding hydrogens is 272 g/mol. The molecule has 1 N–H and O–H groups in total. The third-order valence-electron chi connectivity index (χ3n) is 4.64. The van der Waals surface area contributed by atoms with E-state index in [4.69, 9.17) is 16.0 Å². The average molecular weight is 293 g/mol. The van der Waals surface area contributed by atoms with Gasteiger partial charge in [0.05, 0.1) is 5.02 Å². The minimum atomic E-state index is -0.519. The lowest BCUT2D eigenvalue weighted by molar-refractivity contribution is 0.0428. The molecule has 0 bridgehead atoms. The van der Waals surface area contributed by atoms with Gasteiger partial charge in [-0.25, -0.2) is 0 Å². The van der Waals surface area contributed by atoms with Crippen molar-refractivity contribution in [1.82, 2.24) is 0 Å². The van der Waals surface area contributed by atoms with Crippen LogP contribution in [-0.2, 0) is 0 Å². The zero-order chi connectivity index (χ0) is 14.3. The Kier molecular flexibility index (Phi) is 3.55. The van der Waals surface area contributed by atoms with E-state index in [1.165, 1.54) is 0 Å². The van der Waals surface area contributed by atoms with E-state index < -0.39 is 6.10 Å². The van der Waals surface area contributed by atoms with Crippen molar-refractivity contribution in [3.63, 3.8) is 0 Å². The lowest BCUT2D eigenvalue weighted by Crippen LogP contribution is -2.24. The molecule has 1 unspecified atom stereocenters. The van der Waals surface area contributed by atoms with Crippen LogP contribution in [0.1, 0.15) is 51.4 Å². The van der Waals surface area contributed by atoms with Gasteiger partial charge in [0.2, 0.25) is 0 Å². The largest absolute Gasteiger partial charge is 0.457 e. The predicted molar refractivity (Wildman–Crippen MR) is 81.9 cm³/mol. The van der Waals surface area contributed by atoms with E-state index in [2.05, 4.69) is 13.8 Å². The maximum Gasteiger partial charge on any atom is 0.152 e. The van der Waals surface area contributed by atoms with E-state index in [-0.39, 0.29) is 0 Å². The van der Waals surface area contributed by atoms with Crippen LogP contribution in [-0.4, -0.2) is 5.11 Å². The molecule has 0 amide bonds. The van der Waals surface area contributed by atoms with E-state index in [1.807, 2.05) is 24.3 Å². The first-order valence-corrected chi connectivity index (χ1v) is 7.70. The maximum atomic E-state index is 10.6. The summed E-state index contributed by atoms with van der Waals surface area (Å²) < 4.78 is 5.78. The van der Waals surface area contributed by atoms with E-state index >= 15 is 0 Å². The number of hydrogen-bond donors (Lipinski definition) is 1. The molecule has 20 heavy (non-hydrogen) atoms. The fourth-order valence-corrected chi connectivity index (χ4v) is 3.38. The van der Waals surface area contributed by atoms with E-state index in [0.29, 0.717) is 27.7 Å². The molecule has 3 rings (SSSR count). The number of furan rings is 1. The van der Waals surface area contributed by atoms with Crippen LogP contribution in [0.2, 0.25) is 5.02 Å². The van der Waals surface area contributed by atoms with Gasteiger partial charge in [-0.15, -0.1) is 0 Å². The topological polar surface area (TPSA) is 33.4 Å². The van der Waals surface area contributed by atoms with Crippen LogP contribution in [0.5, 0.6) is 0 Å². The van der Waals surface area contributed by atoms with Crippen LogP contribution in [0.3, 0.4) is 0 Å². The Morgan fingerprint density at radius 2 is 2.00 bits per heavy atom. The second-order valence-corrected chi connectivity index (χ2v) is 7.16. The van der Waals surface area contributed by atoms with Crippen molar-refractivity contribution in [2.45, 2.75) is 45.6 Å². The number of aliphatic hydroxyl groups excluding tert-OH is 1. The normalized spacial score (nSPS) is 21.2. The predicted octanol–water partition coefficient (Wildman–Crippen LogP) is 5.34. The number of rotatable bonds is 2. The molecule has 1 aliphatic rings. The van der Waals surface area contributed by atoms with Crippen LogP contribution in [0.4, 0.5) is 0 Å². The summed E-state index contributed by atoms with van der Waals surface area (Å²) in [5.74, 6) is 0.945. The van der Waals surface area contributed by atoms with Gasteiger partial charge in [-0.05, 0) is 49.1 Å². The second-order valence-electron chi connectivity index (χ2n) is 6.75. The Hall–Kier alpha value is -0.990. The Balaban J connectivity index is 1.82. The smallest absolute Gasteiger partial charge is 0.152 e. The molecule has 0 radical (unpaired) electrons. The van der Waals surface area contributed by atoms with Crippen molar-refractivity contribution < 1.29 is 9.52 Å². The zero-order valence-electron chi connectivity index (χ0n) is 12.0. The summed E-state index contributed by atoms with van der Waals surface area (Å²) in [4.78, 5) is 0. The lowest BCUT2D eigenvalue weighted by atomic mass is 9.71. The highest BCUT2D eigenvalue weighted by Crippen LogP contribution is 2.43. The lowest BCUT2D eigenvalue weighted by Gasteiger charge is -2.35. The molecule has 1 aromatic heterocycles. The molecule has 1 aromatic carbocycles. The molecule has 1 fully saturated rings. The highest BCUT2D eigenvalue weighted by atomic mass is 35.5. The van der Waals surface area contributed by atoms with Crippen molar-refractivity contribution in [1.29, 1.82) is 0 Å². The van der Waals surface area contributed by atoms with Gasteiger partial charge in [0.15, 0.2) is 5.58 Å². The highest BCUT2D eigenvalue weighted by Gasteiger charge is 2.32. The van der Waals surface area contributed by atoms with Gasteiger partial charge in [0, 0.05) is 5.39 Å². The Morgan fingerprint density at radius 3 is 2.65 bits per heavy atom. The number of halogens is 1. The monoisotopic (exact) mass is 292 g/mol. The van der Waals surface area contributed by atoms with Crippen LogP contribution in [0.15, 0.2) is 28.7 Å². The molecular formula is C17H21ClO2. The van der Waals surface area contributed by atoms with Crippen LogP contribution in [0, 0.1) is 11.3 Å². The molecule has 108 valence electrons.